The summed E-state index contributed by atoms with van der Waals surface area (Å²) in [5.41, 5.74) is 4.48. The van der Waals surface area contributed by atoms with E-state index in [1.165, 1.54) is 0 Å². The summed E-state index contributed by atoms with van der Waals surface area (Å²) in [5, 5.41) is 3.14. The van der Waals surface area contributed by atoms with Crippen LogP contribution in [0.1, 0.15) is 25.7 Å². The normalized spacial score (nSPS) is 16.6. The predicted octanol–water partition coefficient (Wildman–Crippen LogP) is 1.63. The Balaban J connectivity index is 1.92. The van der Waals surface area contributed by atoms with E-state index in [0.717, 1.165) is 12.8 Å². The third kappa shape index (κ3) is 3.22. The molecule has 0 radical (unpaired) electrons. The van der Waals surface area contributed by atoms with Crippen LogP contribution in [0.2, 0.25) is 5.02 Å². The Kier molecular flexibility index (Phi) is 4.49. The highest BCUT2D eigenvalue weighted by Crippen LogP contribution is 2.29. The Morgan fingerprint density at radius 2 is 1.95 bits per heavy atom. The molecule has 0 spiro atoms. The van der Waals surface area contributed by atoms with E-state index >= 15 is 0 Å². The van der Waals surface area contributed by atoms with E-state index in [9.17, 15) is 9.59 Å². The molecule has 6 heteroatoms. The van der Waals surface area contributed by atoms with E-state index in [2.05, 4.69) is 5.32 Å². The molecule has 2 amide bonds. The predicted molar refractivity (Wildman–Crippen MR) is 75.5 cm³/mol. The fraction of sp³-hybridized carbons (Fsp3) is 0.429. The fourth-order valence-corrected chi connectivity index (χ4v) is 2.61. The maximum Gasteiger partial charge on any atom is 0.258 e. The van der Waals surface area contributed by atoms with E-state index in [1.807, 2.05) is 0 Å². The molecule has 3 N–H and O–H groups in total. The number of amides is 2. The highest BCUT2D eigenvalue weighted by atomic mass is 35.5. The number of para-hydroxylation sites is 1. The summed E-state index contributed by atoms with van der Waals surface area (Å²) in [5.74, 6) is -0.421. The Morgan fingerprint density at radius 3 is 2.55 bits per heavy atom. The summed E-state index contributed by atoms with van der Waals surface area (Å²) in [6.07, 6.45) is 2.93. The number of ether oxygens (including phenoxy) is 1. The van der Waals surface area contributed by atoms with Crippen LogP contribution in [0.3, 0.4) is 0 Å². The van der Waals surface area contributed by atoms with Gasteiger partial charge in [0.05, 0.1) is 5.02 Å². The zero-order valence-electron chi connectivity index (χ0n) is 11.0. The van der Waals surface area contributed by atoms with E-state index < -0.39 is 11.4 Å². The van der Waals surface area contributed by atoms with Gasteiger partial charge in [0.2, 0.25) is 5.91 Å². The number of carbonyl (C=O) groups excluding carboxylic acids is 2. The number of hydrogen-bond acceptors (Lipinski definition) is 3. The lowest BCUT2D eigenvalue weighted by Gasteiger charge is -2.26. The zero-order chi connectivity index (χ0) is 14.6. The van der Waals surface area contributed by atoms with Crippen molar-refractivity contribution in [3.05, 3.63) is 29.3 Å². The minimum Gasteiger partial charge on any atom is -0.482 e. The number of rotatable bonds is 5. The first-order chi connectivity index (χ1) is 9.53. The minimum atomic E-state index is -0.916. The van der Waals surface area contributed by atoms with E-state index in [1.54, 1.807) is 24.3 Å². The fourth-order valence-electron chi connectivity index (χ4n) is 2.42. The second kappa shape index (κ2) is 6.13. The van der Waals surface area contributed by atoms with Crippen LogP contribution in [-0.2, 0) is 9.59 Å². The van der Waals surface area contributed by atoms with Crippen molar-refractivity contribution in [1.82, 2.24) is 5.32 Å². The first kappa shape index (κ1) is 14.7. The van der Waals surface area contributed by atoms with Gasteiger partial charge in [0.25, 0.3) is 5.91 Å². The third-order valence-electron chi connectivity index (χ3n) is 3.50. The quantitative estimate of drug-likeness (QED) is 0.866. The molecule has 108 valence electrons. The van der Waals surface area contributed by atoms with Gasteiger partial charge < -0.3 is 15.8 Å². The summed E-state index contributed by atoms with van der Waals surface area (Å²) in [6.45, 7) is -0.196. The molecular formula is C14H17ClN2O3. The van der Waals surface area contributed by atoms with Gasteiger partial charge in [-0.25, -0.2) is 0 Å². The number of hydrogen-bond donors (Lipinski definition) is 2. The van der Waals surface area contributed by atoms with E-state index in [0.29, 0.717) is 23.6 Å². The molecule has 1 aliphatic rings. The van der Waals surface area contributed by atoms with Crippen molar-refractivity contribution in [2.24, 2.45) is 5.73 Å². The molecule has 20 heavy (non-hydrogen) atoms. The van der Waals surface area contributed by atoms with E-state index in [4.69, 9.17) is 22.1 Å². The Bertz CT molecular complexity index is 513. The average Bonchev–Trinajstić information content (AvgIpc) is 2.88. The Morgan fingerprint density at radius 1 is 1.30 bits per heavy atom. The first-order valence-corrected chi connectivity index (χ1v) is 6.89. The molecule has 0 saturated heterocycles. The van der Waals surface area contributed by atoms with Crippen LogP contribution in [0.15, 0.2) is 24.3 Å². The summed E-state index contributed by atoms with van der Waals surface area (Å²) in [6, 6.07) is 6.89. The van der Waals surface area contributed by atoms with Crippen LogP contribution in [0.25, 0.3) is 0 Å². The molecular weight excluding hydrogens is 280 g/mol. The molecule has 1 aromatic carbocycles. The van der Waals surface area contributed by atoms with Gasteiger partial charge in [-0.3, -0.25) is 9.59 Å². The van der Waals surface area contributed by atoms with Crippen LogP contribution < -0.4 is 15.8 Å². The van der Waals surface area contributed by atoms with Crippen molar-refractivity contribution in [3.63, 3.8) is 0 Å². The molecule has 1 aliphatic carbocycles. The van der Waals surface area contributed by atoms with Gasteiger partial charge in [0.1, 0.15) is 11.3 Å². The zero-order valence-corrected chi connectivity index (χ0v) is 11.8. The van der Waals surface area contributed by atoms with Gasteiger partial charge >= 0.3 is 0 Å². The molecule has 0 aliphatic heterocycles. The van der Waals surface area contributed by atoms with Gasteiger partial charge in [-0.15, -0.1) is 0 Å². The van der Waals surface area contributed by atoms with Gasteiger partial charge in [0.15, 0.2) is 6.61 Å². The summed E-state index contributed by atoms with van der Waals surface area (Å²) in [7, 11) is 0. The summed E-state index contributed by atoms with van der Waals surface area (Å²) < 4.78 is 5.34. The molecule has 0 bridgehead atoms. The molecule has 5 nitrogen and oxygen atoms in total. The molecule has 2 rings (SSSR count). The summed E-state index contributed by atoms with van der Waals surface area (Å²) >= 11 is 5.92. The SMILES string of the molecule is NC(=O)C1(NC(=O)COc2ccccc2Cl)CCCC1. The topological polar surface area (TPSA) is 81.4 Å². The number of primary amides is 1. The van der Waals surface area contributed by atoms with Crippen LogP contribution in [0.5, 0.6) is 5.75 Å². The lowest BCUT2D eigenvalue weighted by Crippen LogP contribution is -2.56. The van der Waals surface area contributed by atoms with Gasteiger partial charge in [0, 0.05) is 0 Å². The van der Waals surface area contributed by atoms with Crippen molar-refractivity contribution in [1.29, 1.82) is 0 Å². The molecule has 1 saturated carbocycles. The molecule has 0 atom stereocenters. The number of carbonyl (C=O) groups is 2. The highest BCUT2D eigenvalue weighted by Gasteiger charge is 2.40. The average molecular weight is 297 g/mol. The van der Waals surface area contributed by atoms with E-state index in [-0.39, 0.29) is 12.5 Å². The van der Waals surface area contributed by atoms with Crippen LogP contribution in [-0.4, -0.2) is 24.0 Å². The molecule has 0 heterocycles. The minimum absolute atomic E-state index is 0.196. The van der Waals surface area contributed by atoms with Crippen molar-refractivity contribution in [2.45, 2.75) is 31.2 Å². The Hall–Kier alpha value is -1.75. The molecule has 1 fully saturated rings. The first-order valence-electron chi connectivity index (χ1n) is 6.52. The van der Waals surface area contributed by atoms with Crippen LogP contribution in [0.4, 0.5) is 0 Å². The smallest absolute Gasteiger partial charge is 0.258 e. The second-order valence-corrected chi connectivity index (χ2v) is 5.33. The standard InChI is InChI=1S/C14H17ClN2O3/c15-10-5-1-2-6-11(10)20-9-12(18)17-14(13(16)19)7-3-4-8-14/h1-2,5-6H,3-4,7-9H2,(H2,16,19)(H,17,18). The monoisotopic (exact) mass is 296 g/mol. The lowest BCUT2D eigenvalue weighted by atomic mass is 9.97. The number of benzene rings is 1. The van der Waals surface area contributed by atoms with Crippen LogP contribution >= 0.6 is 11.6 Å². The van der Waals surface area contributed by atoms with Crippen molar-refractivity contribution < 1.29 is 14.3 Å². The van der Waals surface area contributed by atoms with Gasteiger partial charge in [-0.1, -0.05) is 36.6 Å². The second-order valence-electron chi connectivity index (χ2n) is 4.92. The van der Waals surface area contributed by atoms with Crippen molar-refractivity contribution in [3.8, 4) is 5.75 Å². The van der Waals surface area contributed by atoms with Gasteiger partial charge in [-0.2, -0.15) is 0 Å². The molecule has 0 aromatic heterocycles. The Labute approximate surface area is 122 Å². The maximum absolute atomic E-state index is 11.9. The molecule has 0 unspecified atom stereocenters. The highest BCUT2D eigenvalue weighted by molar-refractivity contribution is 6.32. The number of halogens is 1. The lowest BCUT2D eigenvalue weighted by molar-refractivity contribution is -0.132. The third-order valence-corrected chi connectivity index (χ3v) is 3.82. The molecule has 1 aromatic rings. The van der Waals surface area contributed by atoms with Crippen molar-refractivity contribution >= 4 is 23.4 Å². The maximum atomic E-state index is 11.9. The van der Waals surface area contributed by atoms with Gasteiger partial charge in [-0.05, 0) is 25.0 Å². The summed E-state index contributed by atoms with van der Waals surface area (Å²) in [4.78, 5) is 23.4. The van der Waals surface area contributed by atoms with Crippen molar-refractivity contribution in [2.75, 3.05) is 6.61 Å². The van der Waals surface area contributed by atoms with Crippen LogP contribution in [0, 0.1) is 0 Å². The largest absolute Gasteiger partial charge is 0.482 e. The number of nitrogens with two attached hydrogens (primary N) is 1. The number of nitrogens with one attached hydrogen (secondary N) is 1.